The van der Waals surface area contributed by atoms with Gasteiger partial charge in [0.05, 0.1) is 23.7 Å². The molecular weight excluding hydrogens is 436 g/mol. The zero-order valence-corrected chi connectivity index (χ0v) is 19.0. The molecule has 0 spiro atoms. The minimum Gasteiger partial charge on any atom is -0.481 e. The lowest BCUT2D eigenvalue weighted by atomic mass is 9.78. The predicted octanol–water partition coefficient (Wildman–Crippen LogP) is 4.50. The van der Waals surface area contributed by atoms with Crippen LogP contribution in [0.2, 0.25) is 0 Å². The lowest BCUT2D eigenvalue weighted by molar-refractivity contribution is -0.148. The Hall–Kier alpha value is -3.42. The van der Waals surface area contributed by atoms with Gasteiger partial charge in [-0.1, -0.05) is 49.9 Å². The molecule has 2 saturated carbocycles. The molecule has 0 aromatic heterocycles. The van der Waals surface area contributed by atoms with Crippen molar-refractivity contribution >= 4 is 45.9 Å². The fourth-order valence-electron chi connectivity index (χ4n) is 5.46. The summed E-state index contributed by atoms with van der Waals surface area (Å²) in [7, 11) is 0. The standard InChI is InChI=1S/C26H30N2O6/c29-23(17-7-1-3-9-19(17)25(31)32)27-21-13-5-12-16-15(21)11-6-14-22(16)28-24(30)18-8-2-4-10-20(18)26(33)34/h5-6,11-14,17-20H,1-4,7-10H2,(H,27,29)(H,28,30)(H,31,32)(H,33,34). The molecule has 2 aliphatic rings. The van der Waals surface area contributed by atoms with E-state index in [1.807, 2.05) is 12.1 Å². The van der Waals surface area contributed by atoms with Crippen LogP contribution in [0.25, 0.3) is 10.8 Å². The van der Waals surface area contributed by atoms with Gasteiger partial charge in [-0.15, -0.1) is 0 Å². The van der Waals surface area contributed by atoms with Gasteiger partial charge in [-0.05, 0) is 37.8 Å². The number of benzene rings is 2. The van der Waals surface area contributed by atoms with Gasteiger partial charge in [0.2, 0.25) is 11.8 Å². The van der Waals surface area contributed by atoms with Gasteiger partial charge in [0.15, 0.2) is 0 Å². The molecule has 0 heterocycles. The first-order valence-corrected chi connectivity index (χ1v) is 12.0. The number of anilines is 2. The van der Waals surface area contributed by atoms with Crippen molar-refractivity contribution in [2.24, 2.45) is 23.7 Å². The molecule has 34 heavy (non-hydrogen) atoms. The van der Waals surface area contributed by atoms with Crippen molar-refractivity contribution in [3.05, 3.63) is 36.4 Å². The SMILES string of the molecule is O=C(O)C1CCCCC1C(=O)Nc1cccc2c(NC(=O)C3CCCCC3C(=O)O)cccc12. The number of carbonyl (C=O) groups excluding carboxylic acids is 2. The topological polar surface area (TPSA) is 133 Å². The van der Waals surface area contributed by atoms with E-state index < -0.39 is 35.6 Å². The predicted molar refractivity (Wildman–Crippen MR) is 127 cm³/mol. The van der Waals surface area contributed by atoms with Crippen LogP contribution in [0.4, 0.5) is 11.4 Å². The monoisotopic (exact) mass is 466 g/mol. The van der Waals surface area contributed by atoms with Gasteiger partial charge < -0.3 is 20.8 Å². The van der Waals surface area contributed by atoms with Crippen LogP contribution in [0, 0.1) is 23.7 Å². The van der Waals surface area contributed by atoms with E-state index >= 15 is 0 Å². The Bertz CT molecular complexity index is 1030. The Balaban J connectivity index is 1.56. The lowest BCUT2D eigenvalue weighted by Gasteiger charge is -2.28. The molecular formula is C26H30N2O6. The highest BCUT2D eigenvalue weighted by molar-refractivity contribution is 6.10. The summed E-state index contributed by atoms with van der Waals surface area (Å²) < 4.78 is 0. The largest absolute Gasteiger partial charge is 0.481 e. The summed E-state index contributed by atoms with van der Waals surface area (Å²) >= 11 is 0. The molecule has 2 amide bonds. The van der Waals surface area contributed by atoms with Crippen LogP contribution in [-0.4, -0.2) is 34.0 Å². The minimum atomic E-state index is -0.940. The third-order valence-electron chi connectivity index (χ3n) is 7.28. The Morgan fingerprint density at radius 1 is 0.588 bits per heavy atom. The molecule has 2 fully saturated rings. The summed E-state index contributed by atoms with van der Waals surface area (Å²) in [6.07, 6.45) is 5.35. The molecule has 0 aliphatic heterocycles. The van der Waals surface area contributed by atoms with E-state index in [-0.39, 0.29) is 11.8 Å². The lowest BCUT2D eigenvalue weighted by Crippen LogP contribution is -2.36. The summed E-state index contributed by atoms with van der Waals surface area (Å²) in [5.74, 6) is -5.02. The normalized spacial score (nSPS) is 24.8. The van der Waals surface area contributed by atoms with Crippen molar-refractivity contribution < 1.29 is 29.4 Å². The number of hydrogen-bond acceptors (Lipinski definition) is 4. The van der Waals surface area contributed by atoms with Gasteiger partial charge >= 0.3 is 11.9 Å². The minimum absolute atomic E-state index is 0.305. The van der Waals surface area contributed by atoms with E-state index in [1.165, 1.54) is 0 Å². The summed E-state index contributed by atoms with van der Waals surface area (Å²) in [5.41, 5.74) is 1.10. The highest BCUT2D eigenvalue weighted by Gasteiger charge is 2.37. The maximum atomic E-state index is 13.0. The molecule has 0 bridgehead atoms. The summed E-state index contributed by atoms with van der Waals surface area (Å²) in [4.78, 5) is 49.2. The van der Waals surface area contributed by atoms with Crippen LogP contribution in [0.15, 0.2) is 36.4 Å². The summed E-state index contributed by atoms with van der Waals surface area (Å²) in [5, 5.41) is 26.3. The first kappa shape index (κ1) is 23.7. The summed E-state index contributed by atoms with van der Waals surface area (Å²) in [6.45, 7) is 0. The molecule has 2 aliphatic carbocycles. The number of fused-ring (bicyclic) bond motifs is 1. The van der Waals surface area contributed by atoms with E-state index in [1.54, 1.807) is 24.3 Å². The molecule has 4 rings (SSSR count). The molecule has 8 nitrogen and oxygen atoms in total. The Morgan fingerprint density at radius 3 is 1.29 bits per heavy atom. The number of carbonyl (C=O) groups is 4. The Morgan fingerprint density at radius 2 is 0.941 bits per heavy atom. The van der Waals surface area contributed by atoms with Gasteiger partial charge in [0, 0.05) is 22.1 Å². The van der Waals surface area contributed by atoms with Crippen LogP contribution in [0.5, 0.6) is 0 Å². The van der Waals surface area contributed by atoms with Crippen molar-refractivity contribution in [3.8, 4) is 0 Å². The third-order valence-corrected chi connectivity index (χ3v) is 7.28. The van der Waals surface area contributed by atoms with E-state index in [2.05, 4.69) is 10.6 Å². The maximum Gasteiger partial charge on any atom is 0.307 e. The highest BCUT2D eigenvalue weighted by atomic mass is 16.4. The van der Waals surface area contributed by atoms with Crippen molar-refractivity contribution in [1.29, 1.82) is 0 Å². The molecule has 0 saturated heterocycles. The second kappa shape index (κ2) is 10.2. The zero-order valence-electron chi connectivity index (χ0n) is 19.0. The zero-order chi connectivity index (χ0) is 24.2. The van der Waals surface area contributed by atoms with Gasteiger partial charge in [0.25, 0.3) is 0 Å². The molecule has 180 valence electrons. The molecule has 0 radical (unpaired) electrons. The van der Waals surface area contributed by atoms with Crippen molar-refractivity contribution in [2.45, 2.75) is 51.4 Å². The first-order chi connectivity index (χ1) is 16.4. The number of amides is 2. The van der Waals surface area contributed by atoms with E-state index in [0.29, 0.717) is 37.1 Å². The van der Waals surface area contributed by atoms with Gasteiger partial charge in [-0.25, -0.2) is 0 Å². The van der Waals surface area contributed by atoms with E-state index in [0.717, 1.165) is 36.5 Å². The fraction of sp³-hybridized carbons (Fsp3) is 0.462. The Labute approximate surface area is 197 Å². The van der Waals surface area contributed by atoms with Crippen LogP contribution in [0.1, 0.15) is 51.4 Å². The molecule has 4 unspecified atom stereocenters. The molecule has 8 heteroatoms. The highest BCUT2D eigenvalue weighted by Crippen LogP contribution is 2.35. The van der Waals surface area contributed by atoms with E-state index in [4.69, 9.17) is 0 Å². The number of aliphatic carboxylic acids is 2. The quantitative estimate of drug-likeness (QED) is 0.495. The maximum absolute atomic E-state index is 13.0. The van der Waals surface area contributed by atoms with Crippen molar-refractivity contribution in [2.75, 3.05) is 10.6 Å². The van der Waals surface area contributed by atoms with Crippen LogP contribution >= 0.6 is 0 Å². The second-order valence-electron chi connectivity index (χ2n) is 9.36. The van der Waals surface area contributed by atoms with Gasteiger partial charge in [-0.3, -0.25) is 19.2 Å². The first-order valence-electron chi connectivity index (χ1n) is 12.0. The molecule has 4 atom stereocenters. The van der Waals surface area contributed by atoms with Crippen LogP contribution in [-0.2, 0) is 19.2 Å². The number of nitrogens with one attached hydrogen (secondary N) is 2. The van der Waals surface area contributed by atoms with Gasteiger partial charge in [-0.2, -0.15) is 0 Å². The van der Waals surface area contributed by atoms with Crippen molar-refractivity contribution in [3.63, 3.8) is 0 Å². The van der Waals surface area contributed by atoms with Crippen LogP contribution < -0.4 is 10.6 Å². The van der Waals surface area contributed by atoms with Crippen LogP contribution in [0.3, 0.4) is 0 Å². The smallest absolute Gasteiger partial charge is 0.307 e. The van der Waals surface area contributed by atoms with Gasteiger partial charge in [0.1, 0.15) is 0 Å². The molecule has 2 aromatic rings. The molecule has 2 aromatic carbocycles. The Kier molecular flexibility index (Phi) is 7.14. The number of hydrogen-bond donors (Lipinski definition) is 4. The fourth-order valence-corrected chi connectivity index (χ4v) is 5.46. The number of carboxylic acid groups (broad SMARTS) is 2. The van der Waals surface area contributed by atoms with Crippen molar-refractivity contribution in [1.82, 2.24) is 0 Å². The number of carboxylic acids is 2. The third kappa shape index (κ3) is 4.90. The number of rotatable bonds is 6. The molecule has 4 N–H and O–H groups in total. The van der Waals surface area contributed by atoms with E-state index in [9.17, 15) is 29.4 Å². The summed E-state index contributed by atoms with van der Waals surface area (Å²) in [6, 6.07) is 10.7. The second-order valence-corrected chi connectivity index (χ2v) is 9.36. The average molecular weight is 467 g/mol. The average Bonchev–Trinajstić information content (AvgIpc) is 2.84.